The van der Waals surface area contributed by atoms with Crippen LogP contribution in [0.2, 0.25) is 0 Å². The average molecular weight is 449 g/mol. The van der Waals surface area contributed by atoms with Gasteiger partial charge in [0.1, 0.15) is 17.5 Å². The van der Waals surface area contributed by atoms with Gasteiger partial charge in [0.05, 0.1) is 18.1 Å². The lowest BCUT2D eigenvalue weighted by Gasteiger charge is -2.35. The Bertz CT molecular complexity index is 768. The molecule has 0 radical (unpaired) electrons. The van der Waals surface area contributed by atoms with Crippen LogP contribution >= 0.6 is 0 Å². The fraction of sp³-hybridized carbons (Fsp3) is 0.654. The van der Waals surface area contributed by atoms with Crippen LogP contribution in [0.3, 0.4) is 0 Å². The smallest absolute Gasteiger partial charge is 0.305 e. The molecular weight excluding hydrogens is 408 g/mol. The Labute approximate surface area is 192 Å². The maximum Gasteiger partial charge on any atom is 0.305 e. The van der Waals surface area contributed by atoms with E-state index in [9.17, 15) is 19.5 Å². The Morgan fingerprint density at radius 3 is 1.94 bits per heavy atom. The van der Waals surface area contributed by atoms with E-state index >= 15 is 0 Å². The number of carbonyl (C=O) groups is 3. The first-order chi connectivity index (χ1) is 14.5. The zero-order valence-corrected chi connectivity index (χ0v) is 20.9. The first kappa shape index (κ1) is 28.0. The summed E-state index contributed by atoms with van der Waals surface area (Å²) in [5.74, 6) is -1.17. The van der Waals surface area contributed by atoms with Crippen molar-refractivity contribution in [2.24, 2.45) is 5.41 Å². The summed E-state index contributed by atoms with van der Waals surface area (Å²) >= 11 is 0. The third-order valence-corrected chi connectivity index (χ3v) is 5.04. The van der Waals surface area contributed by atoms with Crippen molar-refractivity contribution in [1.82, 2.24) is 0 Å². The van der Waals surface area contributed by atoms with E-state index in [1.165, 1.54) is 0 Å². The van der Waals surface area contributed by atoms with Crippen molar-refractivity contribution in [2.75, 3.05) is 0 Å². The van der Waals surface area contributed by atoms with Crippen LogP contribution in [0.25, 0.3) is 0 Å². The number of hydrogen-bond donors (Lipinski definition) is 1. The summed E-state index contributed by atoms with van der Waals surface area (Å²) in [6.07, 6.45) is -0.558. The summed E-state index contributed by atoms with van der Waals surface area (Å²) in [6.45, 7) is 14.5. The molecule has 0 aliphatic heterocycles. The van der Waals surface area contributed by atoms with Crippen molar-refractivity contribution in [3.63, 3.8) is 0 Å². The van der Waals surface area contributed by atoms with Crippen molar-refractivity contribution in [1.29, 1.82) is 0 Å². The number of hydrogen-bond acceptors (Lipinski definition) is 5. The van der Waals surface area contributed by atoms with Gasteiger partial charge >= 0.3 is 5.97 Å². The van der Waals surface area contributed by atoms with Crippen molar-refractivity contribution in [2.45, 2.75) is 104 Å². The van der Waals surface area contributed by atoms with Crippen molar-refractivity contribution in [3.8, 4) is 0 Å². The van der Waals surface area contributed by atoms with Gasteiger partial charge in [0.2, 0.25) is 0 Å². The summed E-state index contributed by atoms with van der Waals surface area (Å²) in [5, 5.41) is 9.34. The van der Waals surface area contributed by atoms with Crippen LogP contribution < -0.4 is 0 Å². The summed E-state index contributed by atoms with van der Waals surface area (Å²) < 4.78 is 12.2. The minimum absolute atomic E-state index is 0.115. The molecule has 0 spiro atoms. The second kappa shape index (κ2) is 11.2. The molecule has 0 heterocycles. The fourth-order valence-electron chi connectivity index (χ4n) is 3.31. The lowest BCUT2D eigenvalue weighted by atomic mass is 9.87. The van der Waals surface area contributed by atoms with E-state index in [4.69, 9.17) is 9.47 Å². The Hall–Kier alpha value is -2.05. The standard InChI is InChI=1S/C26H40O6/c1-24(2,3)20(27)16-12-15-19(17-21(28)29)31-26(7,8)23(30)22(32-25(4,5)6)18-13-10-9-11-14-18/h9-11,13-14,19,22H,12,15-17H2,1-8H3,(H,28,29). The molecular formula is C26H40O6. The minimum Gasteiger partial charge on any atom is -0.481 e. The molecule has 0 saturated heterocycles. The van der Waals surface area contributed by atoms with Crippen molar-refractivity contribution in [3.05, 3.63) is 35.9 Å². The normalized spacial score (nSPS) is 14.6. The lowest BCUT2D eigenvalue weighted by Crippen LogP contribution is -2.44. The SMILES string of the molecule is CC(C)(C)OC(C(=O)C(C)(C)OC(CCCC(=O)C(C)(C)C)CC(=O)O)c1ccccc1. The highest BCUT2D eigenvalue weighted by molar-refractivity contribution is 5.91. The molecule has 0 bridgehead atoms. The molecule has 1 aromatic carbocycles. The Morgan fingerprint density at radius 1 is 0.906 bits per heavy atom. The van der Waals surface area contributed by atoms with Gasteiger partial charge < -0.3 is 14.6 Å². The van der Waals surface area contributed by atoms with Crippen LogP contribution in [0.5, 0.6) is 0 Å². The molecule has 32 heavy (non-hydrogen) atoms. The van der Waals surface area contributed by atoms with Gasteiger partial charge in [-0.05, 0) is 53.0 Å². The largest absolute Gasteiger partial charge is 0.481 e. The molecule has 1 N–H and O–H groups in total. The molecule has 0 amide bonds. The maximum atomic E-state index is 13.5. The number of aliphatic carboxylic acids is 1. The van der Waals surface area contributed by atoms with Crippen molar-refractivity contribution >= 4 is 17.5 Å². The zero-order chi connectivity index (χ0) is 24.7. The van der Waals surface area contributed by atoms with E-state index in [0.717, 1.165) is 5.56 Å². The van der Waals surface area contributed by atoms with E-state index in [0.29, 0.717) is 19.3 Å². The molecule has 1 aromatic rings. The predicted molar refractivity (Wildman–Crippen MR) is 125 cm³/mol. The van der Waals surface area contributed by atoms with E-state index < -0.39 is 34.8 Å². The van der Waals surface area contributed by atoms with Crippen LogP contribution in [0, 0.1) is 5.41 Å². The molecule has 0 fully saturated rings. The number of carbonyl (C=O) groups excluding carboxylic acids is 2. The number of Topliss-reactive ketones (excluding diaryl/α,β-unsaturated/α-hetero) is 2. The molecule has 1 rings (SSSR count). The topological polar surface area (TPSA) is 89.9 Å². The zero-order valence-electron chi connectivity index (χ0n) is 20.9. The second-order valence-corrected chi connectivity index (χ2v) is 10.8. The van der Waals surface area contributed by atoms with Crippen LogP contribution in [-0.4, -0.2) is 39.9 Å². The lowest BCUT2D eigenvalue weighted by molar-refractivity contribution is -0.171. The Balaban J connectivity index is 3.01. The van der Waals surface area contributed by atoms with Gasteiger partial charge in [-0.2, -0.15) is 0 Å². The van der Waals surface area contributed by atoms with Gasteiger partial charge in [-0.1, -0.05) is 51.1 Å². The second-order valence-electron chi connectivity index (χ2n) is 10.8. The van der Waals surface area contributed by atoms with E-state index in [2.05, 4.69) is 0 Å². The van der Waals surface area contributed by atoms with Gasteiger partial charge in [0.25, 0.3) is 0 Å². The molecule has 0 aliphatic carbocycles. The van der Waals surface area contributed by atoms with Gasteiger partial charge in [-0.15, -0.1) is 0 Å². The summed E-state index contributed by atoms with van der Waals surface area (Å²) in [7, 11) is 0. The van der Waals surface area contributed by atoms with E-state index in [-0.39, 0.29) is 18.0 Å². The number of carboxylic acids is 1. The highest BCUT2D eigenvalue weighted by atomic mass is 16.5. The summed E-state index contributed by atoms with van der Waals surface area (Å²) in [5.41, 5.74) is -1.57. The summed E-state index contributed by atoms with van der Waals surface area (Å²) in [4.78, 5) is 37.1. The molecule has 2 unspecified atom stereocenters. The van der Waals surface area contributed by atoms with Gasteiger partial charge in [-0.25, -0.2) is 0 Å². The van der Waals surface area contributed by atoms with Crippen molar-refractivity contribution < 1.29 is 29.0 Å². The molecule has 0 saturated carbocycles. The molecule has 2 atom stereocenters. The fourth-order valence-corrected chi connectivity index (χ4v) is 3.31. The predicted octanol–water partition coefficient (Wildman–Crippen LogP) is 5.54. The maximum absolute atomic E-state index is 13.5. The first-order valence-electron chi connectivity index (χ1n) is 11.2. The molecule has 6 heteroatoms. The Kier molecular flexibility index (Phi) is 9.79. The third kappa shape index (κ3) is 9.61. The summed E-state index contributed by atoms with van der Waals surface area (Å²) in [6, 6.07) is 9.21. The number of carboxylic acid groups (broad SMARTS) is 1. The molecule has 0 aliphatic rings. The first-order valence-corrected chi connectivity index (χ1v) is 11.2. The van der Waals surface area contributed by atoms with Gasteiger partial charge in [0.15, 0.2) is 5.78 Å². The quantitative estimate of drug-likeness (QED) is 0.452. The number of rotatable bonds is 12. The minimum atomic E-state index is -1.28. The monoisotopic (exact) mass is 448 g/mol. The Morgan fingerprint density at radius 2 is 1.47 bits per heavy atom. The molecule has 180 valence electrons. The highest BCUT2D eigenvalue weighted by Crippen LogP contribution is 2.32. The van der Waals surface area contributed by atoms with E-state index in [1.54, 1.807) is 13.8 Å². The third-order valence-electron chi connectivity index (χ3n) is 5.04. The van der Waals surface area contributed by atoms with Crippen LogP contribution in [-0.2, 0) is 23.9 Å². The molecule has 6 nitrogen and oxygen atoms in total. The van der Waals surface area contributed by atoms with Gasteiger partial charge in [-0.3, -0.25) is 14.4 Å². The number of ether oxygens (including phenoxy) is 2. The van der Waals surface area contributed by atoms with Crippen LogP contribution in [0.15, 0.2) is 30.3 Å². The highest BCUT2D eigenvalue weighted by Gasteiger charge is 2.40. The van der Waals surface area contributed by atoms with Crippen LogP contribution in [0.1, 0.15) is 92.7 Å². The average Bonchev–Trinajstić information content (AvgIpc) is 2.63. The van der Waals surface area contributed by atoms with Crippen LogP contribution in [0.4, 0.5) is 0 Å². The molecule has 0 aromatic heterocycles. The number of ketones is 2. The van der Waals surface area contributed by atoms with Gasteiger partial charge in [0, 0.05) is 11.8 Å². The van der Waals surface area contributed by atoms with E-state index in [1.807, 2.05) is 71.9 Å². The number of benzene rings is 1.